The number of nitrogens with zero attached hydrogens (tertiary/aromatic N) is 3. The average Bonchev–Trinajstić information content (AvgIpc) is 3.03. The molecule has 0 amide bonds. The van der Waals surface area contributed by atoms with Gasteiger partial charge in [-0.25, -0.2) is 18.1 Å². The molecule has 0 aliphatic heterocycles. The third-order valence-electron chi connectivity index (χ3n) is 8.32. The lowest BCUT2D eigenvalue weighted by Crippen LogP contribution is -2.32. The standard InChI is InChI=1S/C34H37N5O2S/c1-39(24-27-10-3-2-4-11-27)33-30-15-7-8-16-31(30)37-34(38-33)35-22-25-18-20-26(21-19-25)23-36-42(40,41)32-17-9-13-28-12-5-6-14-29(28)32/h2-17,25-26,36H,18-24H2,1H3,(H,35,37,38)/t25-,26-. The lowest BCUT2D eigenvalue weighted by molar-refractivity contribution is 0.284. The van der Waals surface area contributed by atoms with Crippen LogP contribution in [-0.2, 0) is 16.6 Å². The van der Waals surface area contributed by atoms with Crippen molar-refractivity contribution in [2.45, 2.75) is 37.1 Å². The van der Waals surface area contributed by atoms with Gasteiger partial charge in [0.05, 0.1) is 10.4 Å². The summed E-state index contributed by atoms with van der Waals surface area (Å²) in [5.74, 6) is 2.39. The van der Waals surface area contributed by atoms with Crippen LogP contribution in [0.25, 0.3) is 21.7 Å². The first-order chi connectivity index (χ1) is 20.5. The van der Waals surface area contributed by atoms with Gasteiger partial charge < -0.3 is 10.2 Å². The van der Waals surface area contributed by atoms with E-state index in [1.165, 1.54) is 5.56 Å². The molecule has 0 spiro atoms. The zero-order valence-electron chi connectivity index (χ0n) is 23.9. The number of benzene rings is 4. The van der Waals surface area contributed by atoms with Crippen LogP contribution in [0.3, 0.4) is 0 Å². The topological polar surface area (TPSA) is 87.2 Å². The summed E-state index contributed by atoms with van der Waals surface area (Å²) < 4.78 is 29.2. The first-order valence-electron chi connectivity index (χ1n) is 14.7. The number of rotatable bonds is 10. The number of sulfonamides is 1. The van der Waals surface area contributed by atoms with E-state index in [0.29, 0.717) is 29.2 Å². The summed E-state index contributed by atoms with van der Waals surface area (Å²) in [6, 6.07) is 31.6. The van der Waals surface area contributed by atoms with Gasteiger partial charge in [0.25, 0.3) is 0 Å². The van der Waals surface area contributed by atoms with Crippen molar-refractivity contribution >= 4 is 43.5 Å². The van der Waals surface area contributed by atoms with E-state index in [1.54, 1.807) is 12.1 Å². The Morgan fingerprint density at radius 3 is 2.17 bits per heavy atom. The van der Waals surface area contributed by atoms with Gasteiger partial charge in [-0.1, -0.05) is 78.9 Å². The van der Waals surface area contributed by atoms with Crippen molar-refractivity contribution in [3.63, 3.8) is 0 Å². The van der Waals surface area contributed by atoms with E-state index in [9.17, 15) is 8.42 Å². The van der Waals surface area contributed by atoms with Crippen LogP contribution in [0.5, 0.6) is 0 Å². The number of aromatic nitrogens is 2. The van der Waals surface area contributed by atoms with Crippen molar-refractivity contribution in [3.8, 4) is 0 Å². The highest BCUT2D eigenvalue weighted by Gasteiger charge is 2.24. The fourth-order valence-electron chi connectivity index (χ4n) is 5.97. The van der Waals surface area contributed by atoms with Crippen molar-refractivity contribution in [1.29, 1.82) is 0 Å². The summed E-state index contributed by atoms with van der Waals surface area (Å²) in [5.41, 5.74) is 2.15. The average molecular weight is 580 g/mol. The van der Waals surface area contributed by atoms with E-state index in [4.69, 9.17) is 9.97 Å². The molecular formula is C34H37N5O2S. The molecule has 1 saturated carbocycles. The first kappa shape index (κ1) is 28.1. The molecule has 4 aromatic carbocycles. The second-order valence-electron chi connectivity index (χ2n) is 11.3. The molecule has 0 radical (unpaired) electrons. The summed E-state index contributed by atoms with van der Waals surface area (Å²) in [5, 5.41) is 6.24. The Bertz CT molecular complexity index is 1760. The third-order valence-corrected chi connectivity index (χ3v) is 9.81. The first-order valence-corrected chi connectivity index (χ1v) is 16.2. The summed E-state index contributed by atoms with van der Waals surface area (Å²) >= 11 is 0. The molecule has 1 heterocycles. The van der Waals surface area contributed by atoms with Crippen LogP contribution in [0.4, 0.5) is 11.8 Å². The maximum absolute atomic E-state index is 13.1. The molecule has 0 saturated heterocycles. The molecule has 7 nitrogen and oxygen atoms in total. The third kappa shape index (κ3) is 6.40. The fourth-order valence-corrected chi connectivity index (χ4v) is 7.32. The minimum absolute atomic E-state index is 0.334. The molecule has 0 bridgehead atoms. The monoisotopic (exact) mass is 579 g/mol. The Morgan fingerprint density at radius 1 is 0.738 bits per heavy atom. The molecule has 216 valence electrons. The van der Waals surface area contributed by atoms with Crippen LogP contribution in [0.15, 0.2) is 102 Å². The van der Waals surface area contributed by atoms with E-state index in [2.05, 4.69) is 52.3 Å². The van der Waals surface area contributed by atoms with Gasteiger partial charge >= 0.3 is 0 Å². The highest BCUT2D eigenvalue weighted by atomic mass is 32.2. The normalized spacial score (nSPS) is 17.4. The minimum Gasteiger partial charge on any atom is -0.355 e. The molecule has 1 aliphatic rings. The Labute approximate surface area is 248 Å². The second kappa shape index (κ2) is 12.5. The van der Waals surface area contributed by atoms with Gasteiger partial charge in [0.2, 0.25) is 16.0 Å². The van der Waals surface area contributed by atoms with E-state index in [0.717, 1.165) is 66.3 Å². The molecule has 1 fully saturated rings. The van der Waals surface area contributed by atoms with Gasteiger partial charge in [-0.05, 0) is 66.7 Å². The maximum atomic E-state index is 13.1. The molecule has 42 heavy (non-hydrogen) atoms. The summed E-state index contributed by atoms with van der Waals surface area (Å²) in [6.07, 6.45) is 4.08. The molecule has 0 atom stereocenters. The second-order valence-corrected chi connectivity index (χ2v) is 13.1. The molecule has 6 rings (SSSR count). The van der Waals surface area contributed by atoms with Gasteiger partial charge in [-0.15, -0.1) is 0 Å². The molecule has 1 aromatic heterocycles. The highest BCUT2D eigenvalue weighted by molar-refractivity contribution is 7.89. The quantitative estimate of drug-likeness (QED) is 0.193. The van der Waals surface area contributed by atoms with Crippen molar-refractivity contribution in [3.05, 3.63) is 103 Å². The largest absolute Gasteiger partial charge is 0.355 e. The van der Waals surface area contributed by atoms with Crippen LogP contribution in [0.2, 0.25) is 0 Å². The van der Waals surface area contributed by atoms with E-state index < -0.39 is 10.0 Å². The number of fused-ring (bicyclic) bond motifs is 2. The van der Waals surface area contributed by atoms with Gasteiger partial charge in [0, 0.05) is 37.5 Å². The lowest BCUT2D eigenvalue weighted by Gasteiger charge is -2.29. The van der Waals surface area contributed by atoms with Crippen LogP contribution < -0.4 is 14.9 Å². The van der Waals surface area contributed by atoms with Crippen molar-refractivity contribution < 1.29 is 8.42 Å². The van der Waals surface area contributed by atoms with Gasteiger partial charge in [0.15, 0.2) is 0 Å². The zero-order chi connectivity index (χ0) is 28.9. The minimum atomic E-state index is -3.58. The van der Waals surface area contributed by atoms with Gasteiger partial charge in [-0.2, -0.15) is 4.98 Å². The molecule has 1 aliphatic carbocycles. The molecule has 5 aromatic rings. The van der Waals surface area contributed by atoms with Crippen LogP contribution in [-0.4, -0.2) is 38.5 Å². The van der Waals surface area contributed by atoms with E-state index in [-0.39, 0.29) is 0 Å². The number of nitrogens with one attached hydrogen (secondary N) is 2. The predicted molar refractivity (Wildman–Crippen MR) is 171 cm³/mol. The van der Waals surface area contributed by atoms with Crippen LogP contribution >= 0.6 is 0 Å². The molecule has 2 N–H and O–H groups in total. The summed E-state index contributed by atoms with van der Waals surface area (Å²) in [7, 11) is -1.51. The summed E-state index contributed by atoms with van der Waals surface area (Å²) in [6.45, 7) is 2.03. The number of para-hydroxylation sites is 1. The van der Waals surface area contributed by atoms with E-state index in [1.807, 2.05) is 54.6 Å². The Morgan fingerprint density at radius 2 is 1.38 bits per heavy atom. The highest BCUT2D eigenvalue weighted by Crippen LogP contribution is 2.30. The number of anilines is 2. The fraction of sp³-hybridized carbons (Fsp3) is 0.294. The van der Waals surface area contributed by atoms with E-state index >= 15 is 0 Å². The molecular weight excluding hydrogens is 542 g/mol. The zero-order valence-corrected chi connectivity index (χ0v) is 24.7. The molecule has 8 heteroatoms. The van der Waals surface area contributed by atoms with Crippen LogP contribution in [0, 0.1) is 11.8 Å². The smallest absolute Gasteiger partial charge is 0.241 e. The van der Waals surface area contributed by atoms with Crippen LogP contribution in [0.1, 0.15) is 31.2 Å². The van der Waals surface area contributed by atoms with Crippen molar-refractivity contribution in [2.24, 2.45) is 11.8 Å². The Hall–Kier alpha value is -4.01. The number of hydrogen-bond donors (Lipinski definition) is 2. The number of hydrogen-bond acceptors (Lipinski definition) is 6. The van der Waals surface area contributed by atoms with Gasteiger partial charge in [-0.3, -0.25) is 0 Å². The lowest BCUT2D eigenvalue weighted by atomic mass is 9.82. The van der Waals surface area contributed by atoms with Crippen molar-refractivity contribution in [1.82, 2.24) is 14.7 Å². The Balaban J connectivity index is 1.05. The SMILES string of the molecule is CN(Cc1ccccc1)c1nc(NC[C@H]2CC[C@H](CNS(=O)(=O)c3cccc4ccccc34)CC2)nc2ccccc12. The predicted octanol–water partition coefficient (Wildman–Crippen LogP) is 6.62. The summed E-state index contributed by atoms with van der Waals surface area (Å²) in [4.78, 5) is 12.3. The Kier molecular flexibility index (Phi) is 8.35. The molecule has 0 unspecified atom stereocenters. The van der Waals surface area contributed by atoms with Gasteiger partial charge in [0.1, 0.15) is 5.82 Å². The maximum Gasteiger partial charge on any atom is 0.241 e. The van der Waals surface area contributed by atoms with Crippen molar-refractivity contribution in [2.75, 3.05) is 30.4 Å².